The molecule has 2 N–H and O–H groups in total. The van der Waals surface area contributed by atoms with Gasteiger partial charge in [-0.05, 0) is 36.8 Å². The first kappa shape index (κ1) is 15.0. The SMILES string of the molecule is CC(Nc1ccc(OC(F)F)c(F)c1)c1ccc(O)cc1. The lowest BCUT2D eigenvalue weighted by molar-refractivity contribution is -0.0521. The maximum atomic E-state index is 13.6. The van der Waals surface area contributed by atoms with Crippen molar-refractivity contribution in [3.63, 3.8) is 0 Å². The zero-order valence-electron chi connectivity index (χ0n) is 11.2. The summed E-state index contributed by atoms with van der Waals surface area (Å²) >= 11 is 0. The summed E-state index contributed by atoms with van der Waals surface area (Å²) in [7, 11) is 0. The first-order valence-electron chi connectivity index (χ1n) is 6.25. The number of nitrogens with one attached hydrogen (secondary N) is 1. The second-order valence-electron chi connectivity index (χ2n) is 4.48. The highest BCUT2D eigenvalue weighted by Crippen LogP contribution is 2.26. The third-order valence-electron chi connectivity index (χ3n) is 2.92. The minimum absolute atomic E-state index is 0.146. The highest BCUT2D eigenvalue weighted by molar-refractivity contribution is 5.49. The molecule has 0 spiro atoms. The molecule has 0 saturated carbocycles. The number of phenols is 1. The molecule has 112 valence electrons. The van der Waals surface area contributed by atoms with Crippen molar-refractivity contribution in [1.29, 1.82) is 0 Å². The average Bonchev–Trinajstić information content (AvgIpc) is 2.42. The molecule has 0 radical (unpaired) electrons. The molecule has 0 saturated heterocycles. The summed E-state index contributed by atoms with van der Waals surface area (Å²) in [6, 6.07) is 10.1. The van der Waals surface area contributed by atoms with E-state index in [0.717, 1.165) is 17.7 Å². The van der Waals surface area contributed by atoms with Crippen LogP contribution in [0.25, 0.3) is 0 Å². The number of phenolic OH excluding ortho intramolecular Hbond substituents is 1. The highest BCUT2D eigenvalue weighted by Gasteiger charge is 2.11. The zero-order valence-corrected chi connectivity index (χ0v) is 11.2. The highest BCUT2D eigenvalue weighted by atomic mass is 19.3. The van der Waals surface area contributed by atoms with E-state index in [9.17, 15) is 18.3 Å². The molecule has 2 aromatic rings. The molecule has 1 unspecified atom stereocenters. The Morgan fingerprint density at radius 3 is 2.33 bits per heavy atom. The second-order valence-corrected chi connectivity index (χ2v) is 4.48. The van der Waals surface area contributed by atoms with Crippen molar-refractivity contribution in [3.8, 4) is 11.5 Å². The van der Waals surface area contributed by atoms with Gasteiger partial charge < -0.3 is 15.2 Å². The third kappa shape index (κ3) is 4.05. The zero-order chi connectivity index (χ0) is 15.4. The van der Waals surface area contributed by atoms with Crippen LogP contribution in [-0.2, 0) is 0 Å². The van der Waals surface area contributed by atoms with E-state index >= 15 is 0 Å². The Labute approximate surface area is 120 Å². The fraction of sp³-hybridized carbons (Fsp3) is 0.200. The van der Waals surface area contributed by atoms with Gasteiger partial charge in [-0.1, -0.05) is 12.1 Å². The van der Waals surface area contributed by atoms with Gasteiger partial charge in [0, 0.05) is 17.8 Å². The summed E-state index contributed by atoms with van der Waals surface area (Å²) in [6.07, 6.45) is 0. The Morgan fingerprint density at radius 1 is 1.10 bits per heavy atom. The lowest BCUT2D eigenvalue weighted by Crippen LogP contribution is -2.08. The smallest absolute Gasteiger partial charge is 0.387 e. The molecule has 1 atom stereocenters. The quantitative estimate of drug-likeness (QED) is 0.864. The topological polar surface area (TPSA) is 41.5 Å². The van der Waals surface area contributed by atoms with Crippen LogP contribution in [0.4, 0.5) is 18.9 Å². The Balaban J connectivity index is 2.09. The van der Waals surface area contributed by atoms with Crippen LogP contribution in [0.3, 0.4) is 0 Å². The predicted octanol–water partition coefficient (Wildman–Crippen LogP) is 4.31. The predicted molar refractivity (Wildman–Crippen MR) is 73.2 cm³/mol. The van der Waals surface area contributed by atoms with Crippen LogP contribution in [0.2, 0.25) is 0 Å². The summed E-state index contributed by atoms with van der Waals surface area (Å²) in [4.78, 5) is 0. The number of hydrogen-bond acceptors (Lipinski definition) is 3. The van der Waals surface area contributed by atoms with Crippen molar-refractivity contribution in [2.75, 3.05) is 5.32 Å². The number of alkyl halides is 2. The number of ether oxygens (including phenoxy) is 1. The van der Waals surface area contributed by atoms with Crippen molar-refractivity contribution < 1.29 is 23.0 Å². The first-order chi connectivity index (χ1) is 9.95. The standard InChI is InChI=1S/C15H14F3NO2/c1-9(10-2-5-12(20)6-3-10)19-11-4-7-14(13(16)8-11)21-15(17)18/h2-9,15,19-20H,1H3. The van der Waals surface area contributed by atoms with Crippen molar-refractivity contribution in [2.24, 2.45) is 0 Å². The molecule has 0 heterocycles. The molecule has 0 amide bonds. The Kier molecular flexibility index (Phi) is 4.57. The van der Waals surface area contributed by atoms with Gasteiger partial charge >= 0.3 is 6.61 Å². The normalized spacial score (nSPS) is 12.2. The van der Waals surface area contributed by atoms with Crippen LogP contribution in [-0.4, -0.2) is 11.7 Å². The summed E-state index contributed by atoms with van der Waals surface area (Å²) in [6.45, 7) is -1.21. The van der Waals surface area contributed by atoms with Crippen molar-refractivity contribution in [2.45, 2.75) is 19.6 Å². The van der Waals surface area contributed by atoms with Gasteiger partial charge in [0.2, 0.25) is 0 Å². The summed E-state index contributed by atoms with van der Waals surface area (Å²) in [5, 5.41) is 12.3. The molecule has 2 rings (SSSR count). The van der Waals surface area contributed by atoms with Gasteiger partial charge in [0.1, 0.15) is 5.75 Å². The number of anilines is 1. The van der Waals surface area contributed by atoms with Crippen LogP contribution in [0.1, 0.15) is 18.5 Å². The lowest BCUT2D eigenvalue weighted by atomic mass is 10.1. The van der Waals surface area contributed by atoms with Gasteiger partial charge in [0.15, 0.2) is 11.6 Å². The number of rotatable bonds is 5. The Bertz CT molecular complexity index is 602. The molecule has 3 nitrogen and oxygen atoms in total. The number of halogens is 3. The second kappa shape index (κ2) is 6.39. The van der Waals surface area contributed by atoms with Crippen molar-refractivity contribution in [3.05, 3.63) is 53.8 Å². The van der Waals surface area contributed by atoms with Gasteiger partial charge in [-0.25, -0.2) is 4.39 Å². The van der Waals surface area contributed by atoms with Crippen LogP contribution in [0.5, 0.6) is 11.5 Å². The number of hydrogen-bond donors (Lipinski definition) is 2. The molecule has 21 heavy (non-hydrogen) atoms. The van der Waals surface area contributed by atoms with E-state index in [1.54, 1.807) is 24.3 Å². The molecular formula is C15H14F3NO2. The molecule has 2 aromatic carbocycles. The number of aromatic hydroxyl groups is 1. The maximum Gasteiger partial charge on any atom is 0.387 e. The molecule has 0 fully saturated rings. The van der Waals surface area contributed by atoms with Gasteiger partial charge in [0.25, 0.3) is 0 Å². The van der Waals surface area contributed by atoms with E-state index in [-0.39, 0.29) is 11.8 Å². The van der Waals surface area contributed by atoms with Gasteiger partial charge in [-0.3, -0.25) is 0 Å². The fourth-order valence-electron chi connectivity index (χ4n) is 1.88. The van der Waals surface area contributed by atoms with E-state index in [2.05, 4.69) is 10.1 Å². The molecular weight excluding hydrogens is 283 g/mol. The van der Waals surface area contributed by atoms with Gasteiger partial charge in [-0.2, -0.15) is 8.78 Å². The minimum atomic E-state index is -3.06. The molecule has 0 aliphatic rings. The van der Waals surface area contributed by atoms with Gasteiger partial charge in [-0.15, -0.1) is 0 Å². The maximum absolute atomic E-state index is 13.6. The fourth-order valence-corrected chi connectivity index (χ4v) is 1.88. The largest absolute Gasteiger partial charge is 0.508 e. The summed E-state index contributed by atoms with van der Waals surface area (Å²) in [5.41, 5.74) is 1.33. The lowest BCUT2D eigenvalue weighted by Gasteiger charge is -2.16. The Morgan fingerprint density at radius 2 is 1.76 bits per heavy atom. The molecule has 6 heteroatoms. The average molecular weight is 297 g/mol. The van der Waals surface area contributed by atoms with Crippen LogP contribution in [0, 0.1) is 5.82 Å². The summed E-state index contributed by atoms with van der Waals surface area (Å²) in [5.74, 6) is -1.20. The van der Waals surface area contributed by atoms with Crippen molar-refractivity contribution in [1.82, 2.24) is 0 Å². The van der Waals surface area contributed by atoms with Crippen LogP contribution in [0.15, 0.2) is 42.5 Å². The first-order valence-corrected chi connectivity index (χ1v) is 6.25. The minimum Gasteiger partial charge on any atom is -0.508 e. The molecule has 0 aromatic heterocycles. The van der Waals surface area contributed by atoms with E-state index in [1.807, 2.05) is 6.92 Å². The van der Waals surface area contributed by atoms with E-state index in [4.69, 9.17) is 0 Å². The van der Waals surface area contributed by atoms with E-state index < -0.39 is 18.2 Å². The van der Waals surface area contributed by atoms with Crippen LogP contribution >= 0.6 is 0 Å². The number of benzene rings is 2. The molecule has 0 aliphatic heterocycles. The van der Waals surface area contributed by atoms with Crippen LogP contribution < -0.4 is 10.1 Å². The third-order valence-corrected chi connectivity index (χ3v) is 2.92. The van der Waals surface area contributed by atoms with Gasteiger partial charge in [0.05, 0.1) is 0 Å². The van der Waals surface area contributed by atoms with E-state index in [1.165, 1.54) is 6.07 Å². The monoisotopic (exact) mass is 297 g/mol. The Hall–Kier alpha value is -2.37. The molecule has 0 bridgehead atoms. The van der Waals surface area contributed by atoms with Crippen molar-refractivity contribution >= 4 is 5.69 Å². The summed E-state index contributed by atoms with van der Waals surface area (Å²) < 4.78 is 41.7. The molecule has 0 aliphatic carbocycles. The van der Waals surface area contributed by atoms with E-state index in [0.29, 0.717) is 5.69 Å².